The molecule has 4 N–H and O–H groups in total. The zero-order valence-electron chi connectivity index (χ0n) is 23.2. The predicted octanol–water partition coefficient (Wildman–Crippen LogP) is 6.39. The van der Waals surface area contributed by atoms with E-state index in [1.54, 1.807) is 42.5 Å². The first kappa shape index (κ1) is 28.4. The minimum Gasteiger partial charge on any atom is -0.454 e. The van der Waals surface area contributed by atoms with Gasteiger partial charge in [0.1, 0.15) is 11.6 Å². The molecule has 0 unspecified atom stereocenters. The van der Waals surface area contributed by atoms with Crippen LogP contribution < -0.4 is 15.2 Å². The van der Waals surface area contributed by atoms with Crippen molar-refractivity contribution in [2.75, 3.05) is 22.9 Å². The van der Waals surface area contributed by atoms with Crippen LogP contribution >= 0.6 is 0 Å². The summed E-state index contributed by atoms with van der Waals surface area (Å²) in [6.07, 6.45) is 3.18. The van der Waals surface area contributed by atoms with Crippen molar-refractivity contribution in [1.82, 2.24) is 14.8 Å². The number of sulfonamides is 1. The van der Waals surface area contributed by atoms with E-state index in [0.29, 0.717) is 22.6 Å². The Hall–Kier alpha value is -4.71. The van der Waals surface area contributed by atoms with Crippen molar-refractivity contribution >= 4 is 38.2 Å². The fourth-order valence-electron chi connectivity index (χ4n) is 5.06. The molecule has 1 saturated carbocycles. The number of nitrogens with one attached hydrogen (secondary N) is 2. The van der Waals surface area contributed by atoms with E-state index < -0.39 is 22.5 Å². The lowest BCUT2D eigenvalue weighted by molar-refractivity contribution is 0.103. The highest BCUT2D eigenvalue weighted by Crippen LogP contribution is 2.45. The van der Waals surface area contributed by atoms with Gasteiger partial charge in [-0.25, -0.2) is 17.5 Å². The normalized spacial score (nSPS) is 13.4. The lowest BCUT2D eigenvalue weighted by Crippen LogP contribution is -2.18. The van der Waals surface area contributed by atoms with Crippen molar-refractivity contribution < 1.29 is 26.7 Å². The molecule has 222 valence electrons. The topological polar surface area (TPSA) is 132 Å². The Bertz CT molecular complexity index is 1960. The van der Waals surface area contributed by atoms with Crippen molar-refractivity contribution in [3.05, 3.63) is 95.1 Å². The van der Waals surface area contributed by atoms with E-state index in [1.807, 2.05) is 13.0 Å². The second kappa shape index (κ2) is 11.2. The van der Waals surface area contributed by atoms with Gasteiger partial charge >= 0.3 is 0 Å². The second-order valence-electron chi connectivity index (χ2n) is 10.6. The molecule has 0 atom stereocenters. The maximum Gasteiger partial charge on any atom is 0.232 e. The van der Waals surface area contributed by atoms with Gasteiger partial charge in [0, 0.05) is 10.9 Å². The second-order valence-corrected chi connectivity index (χ2v) is 12.5. The van der Waals surface area contributed by atoms with Crippen molar-refractivity contribution in [2.45, 2.75) is 32.1 Å². The lowest BCUT2D eigenvalue weighted by Gasteiger charge is -2.12. The highest BCUT2D eigenvalue weighted by molar-refractivity contribution is 7.92. The minimum atomic E-state index is -3.72. The number of para-hydroxylation sites is 1. The number of hydrogen-bond acceptors (Lipinski definition) is 6. The lowest BCUT2D eigenvalue weighted by atomic mass is 10.1. The molecule has 6 rings (SSSR count). The summed E-state index contributed by atoms with van der Waals surface area (Å²) in [6, 6.07) is 16.5. The Kier molecular flexibility index (Phi) is 7.38. The largest absolute Gasteiger partial charge is 0.454 e. The van der Waals surface area contributed by atoms with Gasteiger partial charge in [-0.3, -0.25) is 13.9 Å². The van der Waals surface area contributed by atoms with E-state index in [1.165, 1.54) is 23.0 Å². The van der Waals surface area contributed by atoms with E-state index in [9.17, 15) is 22.0 Å². The number of H-pyrrole nitrogens is 1. The third-order valence-corrected chi connectivity index (χ3v) is 8.73. The van der Waals surface area contributed by atoms with Crippen molar-refractivity contribution in [1.29, 1.82) is 0 Å². The fraction of sp³-hybridized carbons (Fsp3) is 0.226. The van der Waals surface area contributed by atoms with Crippen LogP contribution in [0.5, 0.6) is 11.5 Å². The molecular formula is C31H29F2N5O4S. The number of benzene rings is 3. The first-order valence-electron chi connectivity index (χ1n) is 13.8. The van der Waals surface area contributed by atoms with Gasteiger partial charge in [0.05, 0.1) is 41.3 Å². The number of carbonyl (C=O) groups excluding carboxylic acids is 1. The van der Waals surface area contributed by atoms with Crippen LogP contribution in [0.2, 0.25) is 0 Å². The maximum atomic E-state index is 14.0. The summed E-state index contributed by atoms with van der Waals surface area (Å²) in [5.74, 6) is -0.284. The smallest absolute Gasteiger partial charge is 0.232 e. The highest BCUT2D eigenvalue weighted by atomic mass is 32.2. The summed E-state index contributed by atoms with van der Waals surface area (Å²) >= 11 is 0. The van der Waals surface area contributed by atoms with E-state index >= 15 is 0 Å². The quantitative estimate of drug-likeness (QED) is 0.150. The molecular weight excluding hydrogens is 576 g/mol. The van der Waals surface area contributed by atoms with Crippen molar-refractivity contribution in [3.63, 3.8) is 0 Å². The predicted molar refractivity (Wildman–Crippen MR) is 161 cm³/mol. The van der Waals surface area contributed by atoms with E-state index in [4.69, 9.17) is 10.5 Å². The third kappa shape index (κ3) is 5.82. The molecule has 0 amide bonds. The molecule has 0 saturated heterocycles. The summed E-state index contributed by atoms with van der Waals surface area (Å²) in [5, 5.41) is 5.11. The standard InChI is InChI=1S/C31H29F2N5O4S/c1-18-13-21(42-29-6-3-2-5-24(29)33)9-10-28(18)38-31(34)23(17-35-38)30(39)27-15-20-14-22(19-7-8-19)26(16-25(20)36-27)37-43(40,41)12-4-11-32/h2-3,5-6,9-10,13-17,19,36-37H,4,7-8,11-12,34H2,1H3. The van der Waals surface area contributed by atoms with Crippen LogP contribution in [0.4, 0.5) is 20.3 Å². The molecule has 2 heterocycles. The Morgan fingerprint density at radius 2 is 1.95 bits per heavy atom. The van der Waals surface area contributed by atoms with Crippen LogP contribution in [0.3, 0.4) is 0 Å². The molecule has 1 aliphatic rings. The Morgan fingerprint density at radius 1 is 1.16 bits per heavy atom. The van der Waals surface area contributed by atoms with E-state index in [0.717, 1.165) is 29.4 Å². The zero-order valence-corrected chi connectivity index (χ0v) is 24.0. The molecule has 2 aromatic heterocycles. The van der Waals surface area contributed by atoms with Crippen molar-refractivity contribution in [3.8, 4) is 17.2 Å². The van der Waals surface area contributed by atoms with Crippen LogP contribution in [0.15, 0.2) is 66.9 Å². The number of nitrogen functional groups attached to an aromatic ring is 1. The number of carbonyl (C=O) groups is 1. The van der Waals surface area contributed by atoms with Gasteiger partial charge in [-0.15, -0.1) is 0 Å². The van der Waals surface area contributed by atoms with Gasteiger partial charge in [0.2, 0.25) is 15.8 Å². The number of aromatic nitrogens is 3. The highest BCUT2D eigenvalue weighted by Gasteiger charge is 2.29. The third-order valence-electron chi connectivity index (χ3n) is 7.38. The number of halogens is 2. The molecule has 5 aromatic rings. The van der Waals surface area contributed by atoms with Gasteiger partial charge in [-0.1, -0.05) is 12.1 Å². The van der Waals surface area contributed by atoms with Crippen LogP contribution in [-0.2, 0) is 10.0 Å². The molecule has 3 aromatic carbocycles. The van der Waals surface area contributed by atoms with E-state index in [2.05, 4.69) is 14.8 Å². The molecule has 0 aliphatic heterocycles. The van der Waals surface area contributed by atoms with Gasteiger partial charge < -0.3 is 15.5 Å². The molecule has 9 nitrogen and oxygen atoms in total. The van der Waals surface area contributed by atoms with Crippen LogP contribution in [0, 0.1) is 12.7 Å². The summed E-state index contributed by atoms with van der Waals surface area (Å²) in [6.45, 7) is 1.11. The first-order valence-corrected chi connectivity index (χ1v) is 15.4. The average Bonchev–Trinajstić information content (AvgIpc) is 3.63. The zero-order chi connectivity index (χ0) is 30.3. The summed E-state index contributed by atoms with van der Waals surface area (Å²) in [7, 11) is -3.72. The number of ether oxygens (including phenoxy) is 1. The molecule has 43 heavy (non-hydrogen) atoms. The van der Waals surface area contributed by atoms with Gasteiger partial charge in [-0.05, 0) is 91.8 Å². The molecule has 1 aliphatic carbocycles. The molecule has 0 spiro atoms. The molecule has 0 radical (unpaired) electrons. The number of nitrogens with two attached hydrogens (primary N) is 1. The Labute approximate surface area is 246 Å². The number of anilines is 2. The monoisotopic (exact) mass is 605 g/mol. The molecule has 0 bridgehead atoms. The van der Waals surface area contributed by atoms with Gasteiger partial charge in [-0.2, -0.15) is 5.10 Å². The number of aryl methyl sites for hydroxylation is 1. The van der Waals surface area contributed by atoms with Crippen molar-refractivity contribution in [2.24, 2.45) is 0 Å². The number of rotatable bonds is 11. The van der Waals surface area contributed by atoms with Crippen LogP contribution in [-0.4, -0.2) is 41.4 Å². The van der Waals surface area contributed by atoms with E-state index in [-0.39, 0.29) is 46.7 Å². The van der Waals surface area contributed by atoms with Gasteiger partial charge in [0.15, 0.2) is 11.6 Å². The number of hydrogen-bond donors (Lipinski definition) is 3. The minimum absolute atomic E-state index is 0.0856. The number of aromatic amines is 1. The summed E-state index contributed by atoms with van der Waals surface area (Å²) in [5.41, 5.74) is 10.1. The molecule has 1 fully saturated rings. The number of fused-ring (bicyclic) bond motifs is 1. The maximum absolute atomic E-state index is 14.0. The Balaban J connectivity index is 1.27. The van der Waals surface area contributed by atoms with Crippen LogP contribution in [0.25, 0.3) is 16.6 Å². The SMILES string of the molecule is Cc1cc(Oc2ccccc2F)ccc1-n1ncc(C(=O)c2cc3cc(C4CC4)c(NS(=O)(=O)CCCF)cc3[nH]2)c1N. The number of ketones is 1. The first-order chi connectivity index (χ1) is 20.6. The average molecular weight is 606 g/mol. The number of nitrogens with zero attached hydrogens (tertiary/aromatic N) is 2. The number of alkyl halides is 1. The summed E-state index contributed by atoms with van der Waals surface area (Å²) < 4.78 is 61.3. The fourth-order valence-corrected chi connectivity index (χ4v) is 6.16. The molecule has 12 heteroatoms. The van der Waals surface area contributed by atoms with Crippen LogP contribution in [0.1, 0.15) is 52.4 Å². The summed E-state index contributed by atoms with van der Waals surface area (Å²) in [4.78, 5) is 16.6. The van der Waals surface area contributed by atoms with Gasteiger partial charge in [0.25, 0.3) is 0 Å². The Morgan fingerprint density at radius 3 is 2.67 bits per heavy atom.